The number of nitrogens with one attached hydrogen (secondary N) is 4. The zero-order chi connectivity index (χ0) is 47.0. The van der Waals surface area contributed by atoms with Gasteiger partial charge >= 0.3 is 7.40 Å². The number of carbonyl (C=O) groups is 3. The Morgan fingerprint density at radius 2 is 1.62 bits per heavy atom. The van der Waals surface area contributed by atoms with Crippen LogP contribution in [0.3, 0.4) is 0 Å². The second-order valence-electron chi connectivity index (χ2n) is 14.7. The summed E-state index contributed by atoms with van der Waals surface area (Å²) in [5.74, 6) is -0.488. The number of fused-ring (bicyclic) bond motifs is 1. The van der Waals surface area contributed by atoms with Crippen LogP contribution in [0.2, 0.25) is 5.02 Å². The van der Waals surface area contributed by atoms with Crippen LogP contribution in [0.25, 0.3) is 23.1 Å². The van der Waals surface area contributed by atoms with E-state index < -0.39 is 19.1 Å². The lowest BCUT2D eigenvalue weighted by Crippen LogP contribution is -2.32. The molecule has 1 aliphatic heterocycles. The molecule has 6 rings (SSSR count). The van der Waals surface area contributed by atoms with Crippen molar-refractivity contribution in [1.82, 2.24) is 25.1 Å². The molecule has 1 aliphatic rings. The third kappa shape index (κ3) is 14.0. The molecule has 5 aromatic rings. The molecule has 3 heterocycles. The first kappa shape index (κ1) is 48.5. The number of nitrogens with zero attached hydrogens (tertiary/aromatic N) is 4. The van der Waals surface area contributed by atoms with Crippen molar-refractivity contribution >= 4 is 82.7 Å². The lowest BCUT2D eigenvalue weighted by Gasteiger charge is -2.12. The molecule has 0 aliphatic carbocycles. The normalized spacial score (nSPS) is 12.9. The van der Waals surface area contributed by atoms with Crippen LogP contribution in [-0.4, -0.2) is 98.5 Å². The molecule has 0 spiro atoms. The number of rotatable bonds is 23. The summed E-state index contributed by atoms with van der Waals surface area (Å²) < 4.78 is 64.5. The molecule has 344 valence electrons. The topological polar surface area (TPSA) is 179 Å². The van der Waals surface area contributed by atoms with Gasteiger partial charge in [-0.25, -0.2) is 14.4 Å². The van der Waals surface area contributed by atoms with Crippen molar-refractivity contribution in [3.05, 3.63) is 124 Å². The molecule has 3 amide bonds. The van der Waals surface area contributed by atoms with Crippen LogP contribution in [-0.2, 0) is 30.3 Å². The fraction of sp³-hybridized carbons (Fsp3) is 0.261. The first-order valence-electron chi connectivity index (χ1n) is 20.8. The largest absolute Gasteiger partial charge is 0.677 e. The van der Waals surface area contributed by atoms with Crippen molar-refractivity contribution in [3.8, 4) is 11.5 Å². The highest BCUT2D eigenvalue weighted by molar-refractivity contribution is 6.41. The number of hydrogen-bond acceptors (Lipinski definition) is 11. The standard InChI is InChI=1S/C46H47BClF3N8O7/c1-29-22-30(2)56-40(29)26-35-9-8-34(59(35)47(50)51)10-15-43(60)52-16-18-64-20-21-65-19-17-53-45(62)27-66-41-13-4-31(23-42(41)63-3)5-14-44(61)57-32-7-12-39-36(24-32)46(55-28-54-39)58-33-6-11-38(49)37(48)25-33/h4-9,11-14,22-26,28H,10,15-21,27H2,1-3H3,(H,52,60)(H,53,62)(H,57,61)(H,54,55,58)/b14-5+,40-26-. The molecule has 0 atom stereocenters. The van der Waals surface area contributed by atoms with E-state index in [0.29, 0.717) is 62.2 Å². The molecule has 0 saturated heterocycles. The van der Waals surface area contributed by atoms with Crippen molar-refractivity contribution in [2.45, 2.75) is 26.7 Å². The molecule has 4 N–H and O–H groups in total. The van der Waals surface area contributed by atoms with Crippen molar-refractivity contribution in [1.29, 1.82) is 0 Å². The van der Waals surface area contributed by atoms with Crippen LogP contribution in [0, 0.1) is 5.82 Å². The van der Waals surface area contributed by atoms with Crippen molar-refractivity contribution in [2.75, 3.05) is 63.9 Å². The van der Waals surface area contributed by atoms with Gasteiger partial charge in [-0.15, -0.1) is 0 Å². The number of allylic oxidation sites excluding steroid dienone is 2. The van der Waals surface area contributed by atoms with E-state index in [2.05, 4.69) is 36.2 Å². The number of carbonyl (C=O) groups excluding carboxylic acids is 3. The summed E-state index contributed by atoms with van der Waals surface area (Å²) in [6.45, 7) is 4.90. The Morgan fingerprint density at radius 3 is 2.33 bits per heavy atom. The fourth-order valence-electron chi connectivity index (χ4n) is 6.63. The average molecular weight is 927 g/mol. The van der Waals surface area contributed by atoms with Gasteiger partial charge in [0.25, 0.3) is 5.91 Å². The number of amides is 3. The number of ether oxygens (including phenoxy) is 4. The quantitative estimate of drug-likeness (QED) is 0.0292. The first-order chi connectivity index (χ1) is 31.9. The van der Waals surface area contributed by atoms with Gasteiger partial charge in [0.15, 0.2) is 18.1 Å². The monoisotopic (exact) mass is 926 g/mol. The maximum atomic E-state index is 13.9. The second kappa shape index (κ2) is 23.8. The van der Waals surface area contributed by atoms with Gasteiger partial charge in [-0.1, -0.05) is 17.7 Å². The molecule has 0 saturated carbocycles. The molecule has 0 bridgehead atoms. The summed E-state index contributed by atoms with van der Waals surface area (Å²) in [5.41, 5.74) is 5.29. The number of benzene rings is 3. The van der Waals surface area contributed by atoms with E-state index in [4.69, 9.17) is 30.5 Å². The SMILES string of the molecule is COc1cc(/C=C/C(=O)Nc2ccc3ncnc(Nc4ccc(F)c(Cl)c4)c3c2)ccc1OCC(=O)NCCOCCOCCNC(=O)CCc1ccc(/C=C2\N=C(C)C=C2C)n1B(F)F. The molecule has 66 heavy (non-hydrogen) atoms. The van der Waals surface area contributed by atoms with E-state index in [9.17, 15) is 27.4 Å². The minimum atomic E-state index is -2.76. The molecule has 0 fully saturated rings. The van der Waals surface area contributed by atoms with E-state index in [1.165, 1.54) is 37.7 Å². The molecule has 2 aromatic heterocycles. The minimum absolute atomic E-state index is 0.0373. The highest BCUT2D eigenvalue weighted by Gasteiger charge is 2.24. The molecular formula is C46H47BClF3N8O7. The summed E-state index contributed by atoms with van der Waals surface area (Å²) in [7, 11) is -1.30. The zero-order valence-electron chi connectivity index (χ0n) is 36.3. The van der Waals surface area contributed by atoms with Crippen LogP contribution in [0.4, 0.5) is 30.2 Å². The summed E-state index contributed by atoms with van der Waals surface area (Å²) in [5, 5.41) is 11.9. The molecule has 15 nitrogen and oxygen atoms in total. The number of methoxy groups -OCH3 is 1. The third-order valence-corrected chi connectivity index (χ3v) is 10.1. The van der Waals surface area contributed by atoms with Gasteiger partial charge in [0.1, 0.15) is 18.0 Å². The predicted molar refractivity (Wildman–Crippen MR) is 249 cm³/mol. The van der Waals surface area contributed by atoms with Crippen LogP contribution in [0.1, 0.15) is 37.2 Å². The van der Waals surface area contributed by atoms with E-state index in [0.717, 1.165) is 15.8 Å². The van der Waals surface area contributed by atoms with E-state index in [-0.39, 0.29) is 75.8 Å². The van der Waals surface area contributed by atoms with Crippen molar-refractivity contribution < 1.29 is 46.4 Å². The van der Waals surface area contributed by atoms with Gasteiger partial charge in [0, 0.05) is 59.4 Å². The summed E-state index contributed by atoms with van der Waals surface area (Å²) in [6.07, 6.45) is 8.03. The number of hydrogen-bond donors (Lipinski definition) is 4. The second-order valence-corrected chi connectivity index (χ2v) is 15.1. The van der Waals surface area contributed by atoms with Crippen molar-refractivity contribution in [2.24, 2.45) is 4.99 Å². The highest BCUT2D eigenvalue weighted by atomic mass is 35.5. The zero-order valence-corrected chi connectivity index (χ0v) is 37.1. The highest BCUT2D eigenvalue weighted by Crippen LogP contribution is 2.30. The summed E-state index contributed by atoms with van der Waals surface area (Å²) in [6, 6.07) is 17.6. The minimum Gasteiger partial charge on any atom is -0.493 e. The van der Waals surface area contributed by atoms with Crippen LogP contribution in [0.15, 0.2) is 101 Å². The number of halogens is 4. The van der Waals surface area contributed by atoms with Crippen LogP contribution in [0.5, 0.6) is 11.5 Å². The van der Waals surface area contributed by atoms with Gasteiger partial charge in [-0.2, -0.15) is 0 Å². The van der Waals surface area contributed by atoms with E-state index in [1.807, 2.05) is 19.9 Å². The Morgan fingerprint density at radius 1 is 0.864 bits per heavy atom. The summed E-state index contributed by atoms with van der Waals surface area (Å²) >= 11 is 5.93. The van der Waals surface area contributed by atoms with Crippen molar-refractivity contribution in [3.63, 3.8) is 0 Å². The molecule has 3 aromatic carbocycles. The number of aliphatic imine (C=N–C) groups is 1. The molecule has 20 heteroatoms. The lowest BCUT2D eigenvalue weighted by atomic mass is 10.1. The Bertz CT molecular complexity index is 2680. The van der Waals surface area contributed by atoms with Crippen LogP contribution >= 0.6 is 11.6 Å². The number of anilines is 3. The fourth-order valence-corrected chi connectivity index (χ4v) is 6.81. The maximum Gasteiger partial charge on any atom is 0.677 e. The van der Waals surface area contributed by atoms with Gasteiger partial charge in [0.2, 0.25) is 11.8 Å². The first-order valence-corrected chi connectivity index (χ1v) is 21.1. The smallest absolute Gasteiger partial charge is 0.493 e. The van der Waals surface area contributed by atoms with Gasteiger partial charge in [-0.05, 0) is 110 Å². The molecular weight excluding hydrogens is 880 g/mol. The molecule has 0 radical (unpaired) electrons. The Labute approximate surface area is 384 Å². The maximum absolute atomic E-state index is 13.9. The Hall–Kier alpha value is -6.96. The third-order valence-electron chi connectivity index (χ3n) is 9.82. The predicted octanol–water partition coefficient (Wildman–Crippen LogP) is 7.44. The van der Waals surface area contributed by atoms with E-state index in [1.54, 1.807) is 60.7 Å². The molecule has 0 unspecified atom stereocenters. The lowest BCUT2D eigenvalue weighted by molar-refractivity contribution is -0.123. The summed E-state index contributed by atoms with van der Waals surface area (Å²) in [4.78, 5) is 50.6. The average Bonchev–Trinajstić information content (AvgIpc) is 3.86. The van der Waals surface area contributed by atoms with E-state index >= 15 is 0 Å². The van der Waals surface area contributed by atoms with Gasteiger partial charge < -0.3 is 44.7 Å². The Kier molecular flexibility index (Phi) is 17.5. The van der Waals surface area contributed by atoms with Gasteiger partial charge in [-0.3, -0.25) is 28.0 Å². The van der Waals surface area contributed by atoms with Crippen LogP contribution < -0.4 is 30.7 Å². The van der Waals surface area contributed by atoms with Gasteiger partial charge in [0.05, 0.1) is 49.8 Å². The number of aromatic nitrogens is 3. The number of aryl methyl sites for hydroxylation is 1. The Balaban J connectivity index is 0.832.